The van der Waals surface area contributed by atoms with Crippen LogP contribution >= 0.6 is 12.4 Å². The maximum absolute atomic E-state index is 13.0. The first-order valence-electron chi connectivity index (χ1n) is 9.04. The molecule has 8 nitrogen and oxygen atoms in total. The molecule has 0 bridgehead atoms. The van der Waals surface area contributed by atoms with Crippen molar-refractivity contribution >= 4 is 24.0 Å². The molecule has 27 heavy (non-hydrogen) atoms. The van der Waals surface area contributed by atoms with Gasteiger partial charge in [0.25, 0.3) is 11.6 Å². The van der Waals surface area contributed by atoms with Crippen molar-refractivity contribution in [3.05, 3.63) is 27.8 Å². The Morgan fingerprint density at radius 2 is 1.89 bits per heavy atom. The molecule has 0 radical (unpaired) electrons. The van der Waals surface area contributed by atoms with Gasteiger partial charge in [-0.3, -0.25) is 14.9 Å². The van der Waals surface area contributed by atoms with Crippen molar-refractivity contribution in [2.75, 3.05) is 39.9 Å². The lowest BCUT2D eigenvalue weighted by molar-refractivity contribution is -0.385. The maximum atomic E-state index is 13.0. The second-order valence-electron chi connectivity index (χ2n) is 6.76. The fraction of sp³-hybridized carbons (Fsp3) is 0.611. The van der Waals surface area contributed by atoms with Gasteiger partial charge in [0, 0.05) is 19.2 Å². The van der Waals surface area contributed by atoms with Crippen LogP contribution in [0, 0.1) is 22.0 Å². The number of amides is 1. The van der Waals surface area contributed by atoms with Gasteiger partial charge in [0.15, 0.2) is 11.5 Å². The van der Waals surface area contributed by atoms with E-state index >= 15 is 0 Å². The fourth-order valence-corrected chi connectivity index (χ4v) is 3.89. The minimum atomic E-state index is -0.536. The molecule has 2 aliphatic rings. The molecular weight excluding hydrogens is 374 g/mol. The average molecular weight is 400 g/mol. The molecule has 2 fully saturated rings. The Kier molecular flexibility index (Phi) is 7.26. The summed E-state index contributed by atoms with van der Waals surface area (Å²) < 4.78 is 10.7. The number of methoxy groups -OCH3 is 1. The second kappa shape index (κ2) is 9.23. The summed E-state index contributed by atoms with van der Waals surface area (Å²) in [5.41, 5.74) is -0.189. The second-order valence-corrected chi connectivity index (χ2v) is 6.76. The van der Waals surface area contributed by atoms with Crippen LogP contribution in [0.5, 0.6) is 11.5 Å². The van der Waals surface area contributed by atoms with Gasteiger partial charge in [-0.2, -0.15) is 0 Å². The van der Waals surface area contributed by atoms with E-state index in [0.29, 0.717) is 37.3 Å². The summed E-state index contributed by atoms with van der Waals surface area (Å²) in [6.07, 6.45) is 1.84. The molecule has 3 rings (SSSR count). The Morgan fingerprint density at radius 1 is 1.26 bits per heavy atom. The lowest BCUT2D eigenvalue weighted by atomic mass is 9.92. The van der Waals surface area contributed by atoms with E-state index in [-0.39, 0.29) is 35.3 Å². The molecule has 1 N–H and O–H groups in total. The van der Waals surface area contributed by atoms with Gasteiger partial charge >= 0.3 is 0 Å². The summed E-state index contributed by atoms with van der Waals surface area (Å²) in [6.45, 7) is 5.35. The third-order valence-electron chi connectivity index (χ3n) is 5.32. The zero-order valence-corrected chi connectivity index (χ0v) is 16.4. The molecule has 0 aliphatic carbocycles. The van der Waals surface area contributed by atoms with Crippen LogP contribution in [0.2, 0.25) is 0 Å². The molecule has 2 aliphatic heterocycles. The first-order chi connectivity index (χ1) is 12.5. The molecule has 1 aromatic rings. The van der Waals surface area contributed by atoms with E-state index in [1.165, 1.54) is 19.2 Å². The summed E-state index contributed by atoms with van der Waals surface area (Å²) in [6, 6.07) is 2.71. The van der Waals surface area contributed by atoms with Gasteiger partial charge < -0.3 is 19.7 Å². The quantitative estimate of drug-likeness (QED) is 0.604. The molecule has 2 saturated heterocycles. The van der Waals surface area contributed by atoms with Gasteiger partial charge in [-0.1, -0.05) is 0 Å². The van der Waals surface area contributed by atoms with Crippen LogP contribution in [-0.2, 0) is 0 Å². The molecule has 0 aromatic heterocycles. The summed E-state index contributed by atoms with van der Waals surface area (Å²) >= 11 is 0. The number of nitrogens with one attached hydrogen (secondary N) is 1. The minimum absolute atomic E-state index is 0. The number of carbonyl (C=O) groups is 1. The number of hydrogen-bond acceptors (Lipinski definition) is 6. The number of nitrogens with zero attached hydrogens (tertiary/aromatic N) is 2. The van der Waals surface area contributed by atoms with E-state index in [4.69, 9.17) is 9.47 Å². The Morgan fingerprint density at radius 3 is 2.41 bits per heavy atom. The van der Waals surface area contributed by atoms with Crippen LogP contribution in [0.3, 0.4) is 0 Å². The third-order valence-corrected chi connectivity index (χ3v) is 5.32. The van der Waals surface area contributed by atoms with Gasteiger partial charge in [0.05, 0.1) is 24.7 Å². The number of halogens is 1. The number of rotatable bonds is 5. The standard InChI is InChI=1S/C18H25N3O5.ClH/c1-3-26-17-9-15(21(23)24)14(8-16(17)25-2)18(22)20-6-4-12-10-19-11-13(12)5-7-20;/h8-9,12-13,19H,3-7,10-11H2,1-2H3;1H/t12-,13+;. The number of nitro groups is 1. The van der Waals surface area contributed by atoms with Crippen molar-refractivity contribution < 1.29 is 19.2 Å². The highest BCUT2D eigenvalue weighted by atomic mass is 35.5. The molecule has 2 atom stereocenters. The Labute approximate surface area is 164 Å². The topological polar surface area (TPSA) is 93.9 Å². The zero-order valence-electron chi connectivity index (χ0n) is 15.6. The monoisotopic (exact) mass is 399 g/mol. The highest BCUT2D eigenvalue weighted by molar-refractivity contribution is 5.99. The SMILES string of the molecule is CCOc1cc([N+](=O)[O-])c(C(=O)N2CC[C@@H]3CNC[C@@H]3CC2)cc1OC.Cl. The van der Waals surface area contributed by atoms with Crippen molar-refractivity contribution in [2.24, 2.45) is 11.8 Å². The minimum Gasteiger partial charge on any atom is -0.493 e. The highest BCUT2D eigenvalue weighted by Gasteiger charge is 2.34. The molecule has 9 heteroatoms. The Bertz CT molecular complexity index is 686. The van der Waals surface area contributed by atoms with Crippen molar-refractivity contribution in [3.8, 4) is 11.5 Å². The van der Waals surface area contributed by atoms with Crippen LogP contribution in [0.25, 0.3) is 0 Å². The summed E-state index contributed by atoms with van der Waals surface area (Å²) in [5.74, 6) is 1.45. The summed E-state index contributed by atoms with van der Waals surface area (Å²) in [7, 11) is 1.46. The van der Waals surface area contributed by atoms with E-state index in [1.54, 1.807) is 11.8 Å². The number of hydrogen-bond donors (Lipinski definition) is 1. The number of nitro benzene ring substituents is 1. The molecule has 0 spiro atoms. The van der Waals surface area contributed by atoms with Gasteiger partial charge in [-0.15, -0.1) is 12.4 Å². The van der Waals surface area contributed by atoms with Crippen LogP contribution in [0.4, 0.5) is 5.69 Å². The number of fused-ring (bicyclic) bond motifs is 1. The zero-order chi connectivity index (χ0) is 18.7. The van der Waals surface area contributed by atoms with E-state index < -0.39 is 4.92 Å². The van der Waals surface area contributed by atoms with Crippen LogP contribution in [0.1, 0.15) is 30.1 Å². The number of benzene rings is 1. The van der Waals surface area contributed by atoms with Crippen molar-refractivity contribution in [1.82, 2.24) is 10.2 Å². The van der Waals surface area contributed by atoms with Gasteiger partial charge in [-0.25, -0.2) is 0 Å². The lowest BCUT2D eigenvalue weighted by Gasteiger charge is -2.21. The normalized spacial score (nSPS) is 21.6. The molecule has 2 heterocycles. The van der Waals surface area contributed by atoms with Gasteiger partial charge in [0.1, 0.15) is 5.56 Å². The molecule has 150 valence electrons. The Balaban J connectivity index is 0.00000261. The number of ether oxygens (including phenoxy) is 2. The van der Waals surface area contributed by atoms with E-state index in [2.05, 4.69) is 5.32 Å². The molecule has 0 unspecified atom stereocenters. The molecular formula is C18H26ClN3O5. The smallest absolute Gasteiger partial charge is 0.286 e. The van der Waals surface area contributed by atoms with Crippen LogP contribution in [-0.4, -0.2) is 55.6 Å². The van der Waals surface area contributed by atoms with Crippen LogP contribution < -0.4 is 14.8 Å². The predicted molar refractivity (Wildman–Crippen MR) is 103 cm³/mol. The number of likely N-dealkylation sites (tertiary alicyclic amines) is 1. The van der Waals surface area contributed by atoms with Crippen molar-refractivity contribution in [2.45, 2.75) is 19.8 Å². The molecule has 1 amide bonds. The van der Waals surface area contributed by atoms with E-state index in [0.717, 1.165) is 25.9 Å². The van der Waals surface area contributed by atoms with Gasteiger partial charge in [0.2, 0.25) is 0 Å². The van der Waals surface area contributed by atoms with E-state index in [1.807, 2.05) is 0 Å². The summed E-state index contributed by atoms with van der Waals surface area (Å²) in [5, 5.41) is 14.9. The predicted octanol–water partition coefficient (Wildman–Crippen LogP) is 2.50. The third kappa shape index (κ3) is 4.44. The average Bonchev–Trinajstić information content (AvgIpc) is 2.99. The first kappa shape index (κ1) is 21.2. The van der Waals surface area contributed by atoms with Crippen LogP contribution in [0.15, 0.2) is 12.1 Å². The fourth-order valence-electron chi connectivity index (χ4n) is 3.89. The van der Waals surface area contributed by atoms with E-state index in [9.17, 15) is 14.9 Å². The maximum Gasteiger partial charge on any atom is 0.286 e. The number of carbonyl (C=O) groups excluding carboxylic acids is 1. The highest BCUT2D eigenvalue weighted by Crippen LogP contribution is 2.36. The largest absolute Gasteiger partial charge is 0.493 e. The van der Waals surface area contributed by atoms with Crippen molar-refractivity contribution in [3.63, 3.8) is 0 Å². The first-order valence-corrected chi connectivity index (χ1v) is 9.04. The molecule has 0 saturated carbocycles. The molecule has 1 aromatic carbocycles. The van der Waals surface area contributed by atoms with Crippen molar-refractivity contribution in [1.29, 1.82) is 0 Å². The lowest BCUT2D eigenvalue weighted by Crippen LogP contribution is -2.33. The summed E-state index contributed by atoms with van der Waals surface area (Å²) in [4.78, 5) is 25.8. The van der Waals surface area contributed by atoms with Gasteiger partial charge in [-0.05, 0) is 44.7 Å². The Hall–Kier alpha value is -2.06.